The lowest BCUT2D eigenvalue weighted by Crippen LogP contribution is -1.98. The number of rotatable bonds is 4. The quantitative estimate of drug-likeness (QED) is 0.235. The SMILES string of the molecule is CC(=C\N=C(\P)S)/C(=C/S)/N=C(\C)CO. The van der Waals surface area contributed by atoms with Crippen LogP contribution in [0.3, 0.4) is 0 Å². The molecule has 0 amide bonds. The second-order valence-corrected chi connectivity index (χ2v) is 4.57. The summed E-state index contributed by atoms with van der Waals surface area (Å²) in [5.74, 6) is 0. The molecular formula is C9H15N2OPS2. The molecule has 0 aliphatic heterocycles. The number of aliphatic hydroxyl groups is 1. The highest BCUT2D eigenvalue weighted by atomic mass is 32.1. The Bertz CT molecular complexity index is 331. The van der Waals surface area contributed by atoms with E-state index >= 15 is 0 Å². The zero-order chi connectivity index (χ0) is 11.8. The third-order valence-electron chi connectivity index (χ3n) is 1.46. The van der Waals surface area contributed by atoms with Gasteiger partial charge in [-0.1, -0.05) is 9.24 Å². The van der Waals surface area contributed by atoms with Crippen molar-refractivity contribution in [3.63, 3.8) is 0 Å². The van der Waals surface area contributed by atoms with Crippen molar-refractivity contribution >= 4 is 45.0 Å². The first-order chi connectivity index (χ1) is 7.01. The summed E-state index contributed by atoms with van der Waals surface area (Å²) in [5.41, 5.74) is 2.16. The lowest BCUT2D eigenvalue weighted by Gasteiger charge is -2.01. The predicted octanol–water partition coefficient (Wildman–Crippen LogP) is 2.28. The highest BCUT2D eigenvalue weighted by Gasteiger charge is 1.97. The Kier molecular flexibility index (Phi) is 8.06. The molecule has 6 heteroatoms. The Labute approximate surface area is 104 Å². The molecule has 0 radical (unpaired) electrons. The van der Waals surface area contributed by atoms with Gasteiger partial charge < -0.3 is 5.11 Å². The third-order valence-corrected chi connectivity index (χ3v) is 1.97. The second-order valence-electron chi connectivity index (χ2n) is 2.82. The van der Waals surface area contributed by atoms with Crippen molar-refractivity contribution < 1.29 is 5.11 Å². The summed E-state index contributed by atoms with van der Waals surface area (Å²) < 4.78 is 0. The normalized spacial score (nSPS) is 15.9. The Morgan fingerprint density at radius 2 is 2.07 bits per heavy atom. The van der Waals surface area contributed by atoms with E-state index in [9.17, 15) is 0 Å². The van der Waals surface area contributed by atoms with Crippen LogP contribution in [0.1, 0.15) is 13.8 Å². The summed E-state index contributed by atoms with van der Waals surface area (Å²) in [7, 11) is 2.37. The molecule has 1 unspecified atom stereocenters. The van der Waals surface area contributed by atoms with Gasteiger partial charge in [0.15, 0.2) is 0 Å². The fraction of sp³-hybridized carbons (Fsp3) is 0.333. The summed E-state index contributed by atoms with van der Waals surface area (Å²) in [4.78, 5) is 8.77. The molecule has 0 aromatic carbocycles. The van der Waals surface area contributed by atoms with Gasteiger partial charge in [0.05, 0.1) is 17.1 Å². The minimum absolute atomic E-state index is 0.0664. The van der Waals surface area contributed by atoms with Crippen molar-refractivity contribution in [3.05, 3.63) is 22.9 Å². The maximum absolute atomic E-state index is 8.83. The summed E-state index contributed by atoms with van der Waals surface area (Å²) in [6.45, 7) is 3.54. The number of hydrogen-bond acceptors (Lipinski definition) is 4. The molecule has 0 aliphatic carbocycles. The van der Waals surface area contributed by atoms with Crippen molar-refractivity contribution in [2.45, 2.75) is 13.8 Å². The highest BCUT2D eigenvalue weighted by Crippen LogP contribution is 2.13. The van der Waals surface area contributed by atoms with Crippen LogP contribution in [0, 0.1) is 0 Å². The zero-order valence-corrected chi connectivity index (χ0v) is 11.6. The second kappa shape index (κ2) is 8.11. The van der Waals surface area contributed by atoms with Crippen LogP contribution in [0.25, 0.3) is 0 Å². The van der Waals surface area contributed by atoms with Gasteiger partial charge in [-0.05, 0) is 24.8 Å². The Hall–Kier alpha value is -0.0900. The topological polar surface area (TPSA) is 45.0 Å². The number of nitrogens with zero attached hydrogens (tertiary/aromatic N) is 2. The van der Waals surface area contributed by atoms with Gasteiger partial charge in [0.2, 0.25) is 0 Å². The third kappa shape index (κ3) is 6.90. The van der Waals surface area contributed by atoms with E-state index in [1.54, 1.807) is 18.5 Å². The molecule has 1 atom stereocenters. The standard InChI is InChI=1S/C9H15N2OPS2/c1-6(3-10-9(13)15)8(5-14)11-7(2)4-12/h3,5,12,14H,4,13H2,1-2H3,(H,10,15)/b6-3+,8-5-,11-7+. The van der Waals surface area contributed by atoms with Crippen LogP contribution < -0.4 is 0 Å². The molecule has 84 valence electrons. The molecule has 1 N–H and O–H groups in total. The first kappa shape index (κ1) is 14.9. The molecular weight excluding hydrogens is 247 g/mol. The average molecular weight is 262 g/mol. The van der Waals surface area contributed by atoms with Crippen molar-refractivity contribution in [2.75, 3.05) is 6.61 Å². The molecule has 0 saturated carbocycles. The molecule has 0 heterocycles. The van der Waals surface area contributed by atoms with Crippen LogP contribution >= 0.6 is 34.5 Å². The first-order valence-electron chi connectivity index (χ1n) is 4.20. The van der Waals surface area contributed by atoms with E-state index < -0.39 is 0 Å². The summed E-state index contributed by atoms with van der Waals surface area (Å²) >= 11 is 8.06. The Balaban J connectivity index is 4.87. The van der Waals surface area contributed by atoms with Crippen LogP contribution in [0.4, 0.5) is 0 Å². The molecule has 0 aromatic heterocycles. The maximum atomic E-state index is 8.83. The molecule has 0 fully saturated rings. The fourth-order valence-electron chi connectivity index (χ4n) is 0.689. The molecule has 0 aromatic rings. The molecule has 15 heavy (non-hydrogen) atoms. The van der Waals surface area contributed by atoms with Gasteiger partial charge in [-0.15, -0.1) is 25.3 Å². The fourth-order valence-corrected chi connectivity index (χ4v) is 1.08. The Morgan fingerprint density at radius 3 is 2.47 bits per heavy atom. The molecule has 0 spiro atoms. The van der Waals surface area contributed by atoms with Crippen molar-refractivity contribution in [1.29, 1.82) is 0 Å². The summed E-state index contributed by atoms with van der Waals surface area (Å²) in [6, 6.07) is 0. The van der Waals surface area contributed by atoms with Gasteiger partial charge in [-0.25, -0.2) is 0 Å². The van der Waals surface area contributed by atoms with Crippen LogP contribution in [-0.4, -0.2) is 22.2 Å². The van der Waals surface area contributed by atoms with E-state index in [1.165, 1.54) is 0 Å². The molecule has 0 rings (SSSR count). The molecule has 0 aliphatic rings. The van der Waals surface area contributed by atoms with E-state index in [0.717, 1.165) is 5.57 Å². The molecule has 0 saturated heterocycles. The number of hydrogen-bond donors (Lipinski definition) is 3. The van der Waals surface area contributed by atoms with Gasteiger partial charge in [-0.3, -0.25) is 9.98 Å². The van der Waals surface area contributed by atoms with Gasteiger partial charge in [0, 0.05) is 11.9 Å². The van der Waals surface area contributed by atoms with Crippen LogP contribution in [0.2, 0.25) is 0 Å². The van der Waals surface area contributed by atoms with E-state index in [2.05, 4.69) is 44.5 Å². The van der Waals surface area contributed by atoms with Crippen molar-refractivity contribution in [2.24, 2.45) is 9.98 Å². The van der Waals surface area contributed by atoms with Gasteiger partial charge in [-0.2, -0.15) is 0 Å². The number of allylic oxidation sites excluding steroid dienone is 1. The van der Waals surface area contributed by atoms with E-state index in [0.29, 0.717) is 16.2 Å². The van der Waals surface area contributed by atoms with E-state index in [-0.39, 0.29) is 6.61 Å². The van der Waals surface area contributed by atoms with E-state index in [1.807, 2.05) is 6.92 Å². The lowest BCUT2D eigenvalue weighted by molar-refractivity contribution is 0.357. The van der Waals surface area contributed by atoms with Crippen molar-refractivity contribution in [1.82, 2.24) is 0 Å². The first-order valence-corrected chi connectivity index (χ1v) is 5.74. The molecule has 0 bridgehead atoms. The summed E-state index contributed by atoms with van der Waals surface area (Å²) in [5, 5.41) is 10.4. The zero-order valence-electron chi connectivity index (χ0n) is 8.68. The van der Waals surface area contributed by atoms with Crippen LogP contribution in [-0.2, 0) is 0 Å². The average Bonchev–Trinajstić information content (AvgIpc) is 2.21. The number of aliphatic hydroxyl groups excluding tert-OH is 1. The van der Waals surface area contributed by atoms with Gasteiger partial charge in [0.25, 0.3) is 0 Å². The molecule has 3 nitrogen and oxygen atoms in total. The minimum atomic E-state index is -0.0664. The van der Waals surface area contributed by atoms with Crippen molar-refractivity contribution in [3.8, 4) is 0 Å². The Morgan fingerprint density at radius 1 is 1.47 bits per heavy atom. The largest absolute Gasteiger partial charge is 0.390 e. The number of aliphatic imine (C=N–C) groups is 2. The smallest absolute Gasteiger partial charge is 0.0863 e. The minimum Gasteiger partial charge on any atom is -0.390 e. The maximum Gasteiger partial charge on any atom is 0.0863 e. The van der Waals surface area contributed by atoms with E-state index in [4.69, 9.17) is 5.11 Å². The predicted molar refractivity (Wildman–Crippen MR) is 77.2 cm³/mol. The van der Waals surface area contributed by atoms with Gasteiger partial charge >= 0.3 is 0 Å². The monoisotopic (exact) mass is 262 g/mol. The van der Waals surface area contributed by atoms with Gasteiger partial charge in [0.1, 0.15) is 0 Å². The summed E-state index contributed by atoms with van der Waals surface area (Å²) in [6.07, 6.45) is 1.64. The van der Waals surface area contributed by atoms with Crippen LogP contribution in [0.5, 0.6) is 0 Å². The van der Waals surface area contributed by atoms with Crippen LogP contribution in [0.15, 0.2) is 32.9 Å². The highest BCUT2D eigenvalue weighted by molar-refractivity contribution is 8.07. The number of thiol groups is 2. The lowest BCUT2D eigenvalue weighted by atomic mass is 10.2.